The maximum Gasteiger partial charge on any atom is 0.0482 e. The van der Waals surface area contributed by atoms with Crippen molar-refractivity contribution in [3.63, 3.8) is 0 Å². The first-order valence-electron chi connectivity index (χ1n) is 5.36. The molecule has 0 spiro atoms. The number of aliphatic hydroxyl groups is 1. The van der Waals surface area contributed by atoms with Gasteiger partial charge in [0.15, 0.2) is 0 Å². The minimum absolute atomic E-state index is 0.0944. The van der Waals surface area contributed by atoms with Crippen LogP contribution in [0.15, 0.2) is 0 Å². The van der Waals surface area contributed by atoms with E-state index in [1.165, 1.54) is 6.42 Å². The minimum atomic E-state index is 0.0944. The van der Waals surface area contributed by atoms with E-state index >= 15 is 0 Å². The Kier molecular flexibility index (Phi) is 6.35. The Bertz CT molecular complexity index is 123. The molecule has 0 aromatic heterocycles. The summed E-state index contributed by atoms with van der Waals surface area (Å²) in [6.07, 6.45) is 3.42. The smallest absolute Gasteiger partial charge is 0.0482 e. The highest BCUT2D eigenvalue weighted by Crippen LogP contribution is 2.20. The van der Waals surface area contributed by atoms with Crippen molar-refractivity contribution < 1.29 is 5.11 Å². The third kappa shape index (κ3) is 7.03. The molecule has 0 aliphatic rings. The number of hydrogen-bond donors (Lipinski definition) is 2. The van der Waals surface area contributed by atoms with Crippen LogP contribution in [0.25, 0.3) is 0 Å². The predicted molar refractivity (Wildman–Crippen MR) is 57.9 cm³/mol. The minimum Gasteiger partial charge on any atom is -0.396 e. The third-order valence-corrected chi connectivity index (χ3v) is 2.56. The first-order chi connectivity index (χ1) is 6.02. The van der Waals surface area contributed by atoms with Gasteiger partial charge in [-0.1, -0.05) is 20.8 Å². The molecule has 1 unspecified atom stereocenters. The van der Waals surface area contributed by atoms with Gasteiger partial charge in [0.1, 0.15) is 0 Å². The Labute approximate surface area is 82.7 Å². The molecule has 0 aromatic rings. The Hall–Kier alpha value is -0.0800. The largest absolute Gasteiger partial charge is 0.396 e. The fourth-order valence-corrected chi connectivity index (χ4v) is 1.14. The van der Waals surface area contributed by atoms with Gasteiger partial charge in [0.05, 0.1) is 0 Å². The summed E-state index contributed by atoms with van der Waals surface area (Å²) in [4.78, 5) is 0. The van der Waals surface area contributed by atoms with Crippen molar-refractivity contribution in [1.29, 1.82) is 0 Å². The normalized spacial score (nSPS) is 14.5. The lowest BCUT2D eigenvalue weighted by atomic mass is 9.89. The Morgan fingerprint density at radius 2 is 2.00 bits per heavy atom. The van der Waals surface area contributed by atoms with Crippen molar-refractivity contribution in [2.75, 3.05) is 13.2 Å². The molecular formula is C11H25NO. The molecule has 0 aromatic carbocycles. The average Bonchev–Trinajstić information content (AvgIpc) is 2.12. The van der Waals surface area contributed by atoms with Crippen LogP contribution in [0.4, 0.5) is 0 Å². The lowest BCUT2D eigenvalue weighted by molar-refractivity contribution is 0.147. The van der Waals surface area contributed by atoms with Gasteiger partial charge < -0.3 is 10.4 Å². The van der Waals surface area contributed by atoms with Gasteiger partial charge in [-0.25, -0.2) is 0 Å². The molecule has 0 saturated heterocycles. The molecule has 0 fully saturated rings. The van der Waals surface area contributed by atoms with Crippen LogP contribution >= 0.6 is 0 Å². The van der Waals surface area contributed by atoms with Crippen LogP contribution < -0.4 is 5.32 Å². The molecule has 2 N–H and O–H groups in total. The highest BCUT2D eigenvalue weighted by molar-refractivity contribution is 4.68. The molecular weight excluding hydrogens is 162 g/mol. The van der Waals surface area contributed by atoms with Gasteiger partial charge in [0.2, 0.25) is 0 Å². The van der Waals surface area contributed by atoms with E-state index in [0.717, 1.165) is 19.4 Å². The van der Waals surface area contributed by atoms with Crippen molar-refractivity contribution in [2.45, 2.75) is 53.0 Å². The fourth-order valence-electron chi connectivity index (χ4n) is 1.14. The second-order valence-electron chi connectivity index (χ2n) is 4.69. The molecule has 0 bridgehead atoms. The van der Waals surface area contributed by atoms with Crippen molar-refractivity contribution in [3.8, 4) is 0 Å². The molecule has 0 heterocycles. The molecule has 0 aliphatic heterocycles. The van der Waals surface area contributed by atoms with Gasteiger partial charge in [-0.2, -0.15) is 0 Å². The highest BCUT2D eigenvalue weighted by atomic mass is 16.3. The van der Waals surface area contributed by atoms with E-state index in [9.17, 15) is 0 Å². The van der Waals surface area contributed by atoms with Crippen LogP contribution in [-0.2, 0) is 0 Å². The third-order valence-electron chi connectivity index (χ3n) is 2.56. The zero-order chi connectivity index (χ0) is 10.3. The monoisotopic (exact) mass is 187 g/mol. The maximum absolute atomic E-state index is 9.03. The van der Waals surface area contributed by atoms with E-state index in [1.807, 2.05) is 0 Å². The number of hydrogen-bond acceptors (Lipinski definition) is 2. The topological polar surface area (TPSA) is 32.3 Å². The van der Waals surface area contributed by atoms with Crippen LogP contribution in [0.3, 0.4) is 0 Å². The number of nitrogens with one attached hydrogen (secondary N) is 1. The van der Waals surface area contributed by atoms with Crippen LogP contribution in [0.1, 0.15) is 47.0 Å². The molecule has 0 rings (SSSR count). The Balaban J connectivity index is 3.35. The molecule has 13 heavy (non-hydrogen) atoms. The van der Waals surface area contributed by atoms with E-state index in [4.69, 9.17) is 5.11 Å². The van der Waals surface area contributed by atoms with Crippen LogP contribution in [-0.4, -0.2) is 24.3 Å². The van der Waals surface area contributed by atoms with Crippen molar-refractivity contribution in [1.82, 2.24) is 5.32 Å². The summed E-state index contributed by atoms with van der Waals surface area (Å²) in [5.41, 5.74) is 0.0944. The Morgan fingerprint density at radius 3 is 2.46 bits per heavy atom. The van der Waals surface area contributed by atoms with Gasteiger partial charge in [0, 0.05) is 12.6 Å². The molecule has 1 atom stereocenters. The van der Waals surface area contributed by atoms with E-state index in [1.54, 1.807) is 0 Å². The van der Waals surface area contributed by atoms with Crippen molar-refractivity contribution in [2.24, 2.45) is 5.41 Å². The lowest BCUT2D eigenvalue weighted by Crippen LogP contribution is -2.27. The summed E-state index contributed by atoms with van der Waals surface area (Å²) in [5.74, 6) is 0. The second-order valence-corrected chi connectivity index (χ2v) is 4.69. The summed E-state index contributed by atoms with van der Waals surface area (Å²) >= 11 is 0. The summed E-state index contributed by atoms with van der Waals surface area (Å²) in [6.45, 7) is 9.97. The molecule has 0 aliphatic carbocycles. The predicted octanol–water partition coefficient (Wildman–Crippen LogP) is 2.17. The summed E-state index contributed by atoms with van der Waals surface area (Å²) in [5, 5.41) is 12.5. The SMILES string of the molecule is CCC(C)NCCCC(C)(C)CO. The van der Waals surface area contributed by atoms with Crippen molar-refractivity contribution >= 4 is 0 Å². The quantitative estimate of drug-likeness (QED) is 0.599. The van der Waals surface area contributed by atoms with Gasteiger partial charge in [-0.15, -0.1) is 0 Å². The van der Waals surface area contributed by atoms with Crippen LogP contribution in [0, 0.1) is 5.41 Å². The molecule has 0 radical (unpaired) electrons. The molecule has 80 valence electrons. The van der Waals surface area contributed by atoms with Gasteiger partial charge in [-0.05, 0) is 38.1 Å². The van der Waals surface area contributed by atoms with Crippen LogP contribution in [0.2, 0.25) is 0 Å². The second kappa shape index (κ2) is 6.39. The number of aliphatic hydroxyl groups excluding tert-OH is 1. The summed E-state index contributed by atoms with van der Waals surface area (Å²) in [7, 11) is 0. The van der Waals surface area contributed by atoms with Gasteiger partial charge in [-0.3, -0.25) is 0 Å². The van der Waals surface area contributed by atoms with Gasteiger partial charge in [0.25, 0.3) is 0 Å². The van der Waals surface area contributed by atoms with E-state index in [2.05, 4.69) is 33.0 Å². The van der Waals surface area contributed by atoms with Crippen molar-refractivity contribution in [3.05, 3.63) is 0 Å². The van der Waals surface area contributed by atoms with E-state index < -0.39 is 0 Å². The first kappa shape index (κ1) is 12.9. The van der Waals surface area contributed by atoms with Gasteiger partial charge >= 0.3 is 0 Å². The van der Waals surface area contributed by atoms with E-state index in [-0.39, 0.29) is 12.0 Å². The standard InChI is InChI=1S/C11H25NO/c1-5-10(2)12-8-6-7-11(3,4)9-13/h10,12-13H,5-9H2,1-4H3. The molecule has 2 nitrogen and oxygen atoms in total. The Morgan fingerprint density at radius 1 is 1.38 bits per heavy atom. The van der Waals surface area contributed by atoms with Crippen LogP contribution in [0.5, 0.6) is 0 Å². The number of rotatable bonds is 7. The lowest BCUT2D eigenvalue weighted by Gasteiger charge is -2.21. The highest BCUT2D eigenvalue weighted by Gasteiger charge is 2.15. The molecule has 0 saturated carbocycles. The maximum atomic E-state index is 9.03. The molecule has 2 heteroatoms. The molecule has 0 amide bonds. The first-order valence-corrected chi connectivity index (χ1v) is 5.36. The average molecular weight is 187 g/mol. The zero-order valence-corrected chi connectivity index (χ0v) is 9.56. The summed E-state index contributed by atoms with van der Waals surface area (Å²) < 4.78 is 0. The summed E-state index contributed by atoms with van der Waals surface area (Å²) in [6, 6.07) is 0.622. The fraction of sp³-hybridized carbons (Fsp3) is 1.00. The van der Waals surface area contributed by atoms with E-state index in [0.29, 0.717) is 6.04 Å². The zero-order valence-electron chi connectivity index (χ0n) is 9.56.